The van der Waals surface area contributed by atoms with E-state index < -0.39 is 11.7 Å². The van der Waals surface area contributed by atoms with Crippen LogP contribution in [0.4, 0.5) is 21.7 Å². The third-order valence-electron chi connectivity index (χ3n) is 3.78. The summed E-state index contributed by atoms with van der Waals surface area (Å²) >= 11 is 5.97. The number of hydrogen-bond donors (Lipinski definition) is 4. The highest BCUT2D eigenvalue weighted by Crippen LogP contribution is 2.26. The maximum atomic E-state index is 13.5. The second-order valence-electron chi connectivity index (χ2n) is 5.64. The summed E-state index contributed by atoms with van der Waals surface area (Å²) in [5.41, 5.74) is 7.09. The predicted octanol–water partition coefficient (Wildman–Crippen LogP) is 3.67. The first-order valence-corrected chi connectivity index (χ1v) is 8.32. The molecule has 5 N–H and O–H groups in total. The number of aromatic amines is 1. The molecule has 3 rings (SSSR count). The lowest BCUT2D eigenvalue weighted by molar-refractivity contribution is 0.100. The van der Waals surface area contributed by atoms with E-state index in [-0.39, 0.29) is 17.1 Å². The van der Waals surface area contributed by atoms with Crippen LogP contribution in [0, 0.1) is 5.82 Å². The number of H-pyrrole nitrogens is 1. The molecule has 1 amide bonds. The van der Waals surface area contributed by atoms with Crippen molar-refractivity contribution in [1.29, 1.82) is 0 Å². The van der Waals surface area contributed by atoms with Gasteiger partial charge in [-0.1, -0.05) is 23.7 Å². The molecule has 0 atom stereocenters. The second-order valence-corrected chi connectivity index (χ2v) is 6.08. The van der Waals surface area contributed by atoms with E-state index >= 15 is 0 Å². The van der Waals surface area contributed by atoms with E-state index in [4.69, 9.17) is 22.1 Å². The van der Waals surface area contributed by atoms with Gasteiger partial charge in [0.15, 0.2) is 17.4 Å². The summed E-state index contributed by atoms with van der Waals surface area (Å²) in [6.07, 6.45) is 0. The average molecular weight is 390 g/mol. The minimum atomic E-state index is -0.660. The Balaban J connectivity index is 1.80. The van der Waals surface area contributed by atoms with Crippen LogP contribution < -0.4 is 21.1 Å². The maximum absolute atomic E-state index is 13.5. The summed E-state index contributed by atoms with van der Waals surface area (Å²) in [6.45, 7) is 0.290. The summed E-state index contributed by atoms with van der Waals surface area (Å²) in [5, 5.41) is 13.4. The van der Waals surface area contributed by atoms with Crippen molar-refractivity contribution in [3.63, 3.8) is 0 Å². The number of aromatic nitrogens is 2. The van der Waals surface area contributed by atoms with E-state index in [0.29, 0.717) is 23.1 Å². The summed E-state index contributed by atoms with van der Waals surface area (Å²) in [7, 11) is 1.39. The molecule has 0 saturated heterocycles. The number of benzene rings is 2. The number of carbonyl (C=O) groups is 1. The Morgan fingerprint density at radius 3 is 2.85 bits per heavy atom. The van der Waals surface area contributed by atoms with Crippen LogP contribution in [-0.2, 0) is 6.54 Å². The molecule has 0 aliphatic heterocycles. The number of carbonyl (C=O) groups excluding carboxylic acids is 1. The number of hydrogen-bond acceptors (Lipinski definition) is 5. The number of amides is 1. The van der Waals surface area contributed by atoms with E-state index in [1.54, 1.807) is 36.4 Å². The number of nitrogens with zero attached hydrogens (tertiary/aromatic N) is 1. The van der Waals surface area contributed by atoms with Gasteiger partial charge in [0.1, 0.15) is 11.4 Å². The molecule has 1 aromatic heterocycles. The van der Waals surface area contributed by atoms with Crippen LogP contribution in [0.15, 0.2) is 42.5 Å². The number of rotatable bonds is 7. The van der Waals surface area contributed by atoms with Crippen LogP contribution in [0.1, 0.15) is 15.9 Å². The molecule has 0 radical (unpaired) electrons. The van der Waals surface area contributed by atoms with Gasteiger partial charge in [-0.25, -0.2) is 4.39 Å². The molecule has 0 spiro atoms. The largest absolute Gasteiger partial charge is 0.494 e. The number of nitrogens with two attached hydrogens (primary N) is 1. The van der Waals surface area contributed by atoms with Crippen molar-refractivity contribution in [2.45, 2.75) is 6.54 Å². The number of primary amides is 1. The number of nitrogens with one attached hydrogen (secondary N) is 3. The molecule has 7 nitrogen and oxygen atoms in total. The smallest absolute Gasteiger partial charge is 0.256 e. The Bertz CT molecular complexity index is 976. The normalized spacial score (nSPS) is 10.5. The lowest BCUT2D eigenvalue weighted by atomic mass is 10.2. The Morgan fingerprint density at radius 2 is 2.15 bits per heavy atom. The van der Waals surface area contributed by atoms with Gasteiger partial charge in [-0.3, -0.25) is 9.89 Å². The van der Waals surface area contributed by atoms with Crippen molar-refractivity contribution >= 4 is 34.8 Å². The van der Waals surface area contributed by atoms with Gasteiger partial charge < -0.3 is 21.1 Å². The minimum Gasteiger partial charge on any atom is -0.494 e. The van der Waals surface area contributed by atoms with Gasteiger partial charge in [-0.05, 0) is 35.9 Å². The van der Waals surface area contributed by atoms with Crippen LogP contribution in [0.2, 0.25) is 5.02 Å². The molecular weight excluding hydrogens is 373 g/mol. The molecule has 2 aromatic carbocycles. The number of ether oxygens (including phenoxy) is 1. The van der Waals surface area contributed by atoms with E-state index in [9.17, 15) is 9.18 Å². The first-order chi connectivity index (χ1) is 13.0. The fourth-order valence-corrected chi connectivity index (χ4v) is 2.70. The maximum Gasteiger partial charge on any atom is 0.256 e. The van der Waals surface area contributed by atoms with Gasteiger partial charge in [0.05, 0.1) is 7.11 Å². The standard InChI is InChI=1S/C18H17ClFN5O2/c1-27-14-7-10(5-6-13(14)20)9-22-17-15(16(21)26)18(25-24-17)23-12-4-2-3-11(19)8-12/h2-8H,9H2,1H3,(H2,21,26)(H3,22,23,24,25). The Labute approximate surface area is 159 Å². The Hall–Kier alpha value is -3.26. The fraction of sp³-hybridized carbons (Fsp3) is 0.111. The summed E-state index contributed by atoms with van der Waals surface area (Å²) < 4.78 is 18.5. The lowest BCUT2D eigenvalue weighted by Gasteiger charge is -2.09. The Kier molecular flexibility index (Phi) is 5.46. The number of halogens is 2. The predicted molar refractivity (Wildman–Crippen MR) is 102 cm³/mol. The van der Waals surface area contributed by atoms with Crippen LogP contribution in [-0.4, -0.2) is 23.2 Å². The highest BCUT2D eigenvalue weighted by molar-refractivity contribution is 6.30. The van der Waals surface area contributed by atoms with Crippen molar-refractivity contribution in [2.75, 3.05) is 17.7 Å². The van der Waals surface area contributed by atoms with Gasteiger partial charge in [0.2, 0.25) is 0 Å². The quantitative estimate of drug-likeness (QED) is 0.493. The SMILES string of the molecule is COc1cc(CNc2n[nH]c(Nc3cccc(Cl)c3)c2C(N)=O)ccc1F. The topological polar surface area (TPSA) is 105 Å². The molecule has 0 aliphatic rings. The van der Waals surface area contributed by atoms with E-state index in [1.165, 1.54) is 13.2 Å². The van der Waals surface area contributed by atoms with E-state index in [2.05, 4.69) is 20.8 Å². The molecule has 0 saturated carbocycles. The number of anilines is 3. The first kappa shape index (κ1) is 18.5. The minimum absolute atomic E-state index is 0.134. The molecule has 1 heterocycles. The van der Waals surface area contributed by atoms with Crippen LogP contribution in [0.5, 0.6) is 5.75 Å². The highest BCUT2D eigenvalue weighted by atomic mass is 35.5. The highest BCUT2D eigenvalue weighted by Gasteiger charge is 2.18. The van der Waals surface area contributed by atoms with Crippen molar-refractivity contribution in [3.8, 4) is 5.75 Å². The summed E-state index contributed by atoms with van der Waals surface area (Å²) in [4.78, 5) is 11.9. The third kappa shape index (κ3) is 4.29. The molecule has 3 aromatic rings. The van der Waals surface area contributed by atoms with E-state index in [0.717, 1.165) is 5.56 Å². The molecule has 140 valence electrons. The monoisotopic (exact) mass is 389 g/mol. The van der Waals surface area contributed by atoms with Gasteiger partial charge in [0, 0.05) is 17.3 Å². The molecule has 0 unspecified atom stereocenters. The molecule has 9 heteroatoms. The van der Waals surface area contributed by atoms with Crippen molar-refractivity contribution < 1.29 is 13.9 Å². The average Bonchev–Trinajstić information content (AvgIpc) is 3.03. The summed E-state index contributed by atoms with van der Waals surface area (Å²) in [5.74, 6) is -0.367. The van der Waals surface area contributed by atoms with Gasteiger partial charge in [0.25, 0.3) is 5.91 Å². The molecule has 0 bridgehead atoms. The molecule has 0 fully saturated rings. The van der Waals surface area contributed by atoms with Crippen LogP contribution >= 0.6 is 11.6 Å². The Morgan fingerprint density at radius 1 is 1.33 bits per heavy atom. The molecular formula is C18H17ClFN5O2. The lowest BCUT2D eigenvalue weighted by Crippen LogP contribution is -2.15. The zero-order valence-electron chi connectivity index (χ0n) is 14.3. The third-order valence-corrected chi connectivity index (χ3v) is 4.02. The first-order valence-electron chi connectivity index (χ1n) is 7.95. The van der Waals surface area contributed by atoms with Gasteiger partial charge in [-0.15, -0.1) is 0 Å². The van der Waals surface area contributed by atoms with E-state index in [1.807, 2.05) is 0 Å². The second kappa shape index (κ2) is 7.96. The number of methoxy groups -OCH3 is 1. The zero-order valence-corrected chi connectivity index (χ0v) is 15.1. The van der Waals surface area contributed by atoms with Gasteiger partial charge in [-0.2, -0.15) is 5.10 Å². The van der Waals surface area contributed by atoms with Crippen molar-refractivity contribution in [2.24, 2.45) is 5.73 Å². The fourth-order valence-electron chi connectivity index (χ4n) is 2.51. The van der Waals surface area contributed by atoms with Crippen molar-refractivity contribution in [1.82, 2.24) is 10.2 Å². The molecule has 0 aliphatic carbocycles. The van der Waals surface area contributed by atoms with Crippen LogP contribution in [0.3, 0.4) is 0 Å². The zero-order chi connectivity index (χ0) is 19.4. The van der Waals surface area contributed by atoms with Gasteiger partial charge >= 0.3 is 0 Å². The molecule has 27 heavy (non-hydrogen) atoms. The van der Waals surface area contributed by atoms with Crippen molar-refractivity contribution in [3.05, 3.63) is 64.4 Å². The summed E-state index contributed by atoms with van der Waals surface area (Å²) in [6, 6.07) is 11.5. The van der Waals surface area contributed by atoms with Crippen LogP contribution in [0.25, 0.3) is 0 Å².